The Morgan fingerprint density at radius 1 is 1.41 bits per heavy atom. The average Bonchev–Trinajstić information content (AvgIpc) is 2.53. The molecule has 3 N–H and O–H groups in total. The molecule has 0 atom stereocenters. The van der Waals surface area contributed by atoms with E-state index in [1.807, 2.05) is 18.2 Å². The van der Waals surface area contributed by atoms with Crippen LogP contribution in [-0.4, -0.2) is 49.6 Å². The number of anilines is 1. The smallest absolute Gasteiger partial charge is 0.244 e. The van der Waals surface area contributed by atoms with Crippen LogP contribution in [0.5, 0.6) is 0 Å². The number of nitrogens with one attached hydrogen (secondary N) is 1. The van der Waals surface area contributed by atoms with E-state index in [0.29, 0.717) is 26.3 Å². The summed E-state index contributed by atoms with van der Waals surface area (Å²) < 4.78 is 5.21. The molecule has 0 aliphatic carbocycles. The third kappa shape index (κ3) is 5.80. The number of aliphatic imine (C=N–C) groups is 1. The van der Waals surface area contributed by atoms with Gasteiger partial charge in [0.2, 0.25) is 5.91 Å². The lowest BCUT2D eigenvalue weighted by atomic mass is 10.1. The number of carbonyl (C=O) groups excluding carboxylic acids is 1. The van der Waals surface area contributed by atoms with E-state index >= 15 is 0 Å². The van der Waals surface area contributed by atoms with Gasteiger partial charge >= 0.3 is 0 Å². The zero-order chi connectivity index (χ0) is 15.1. The fourth-order valence-electron chi connectivity index (χ4n) is 2.12. The Kier molecular flexibility index (Phi) is 8.18. The third-order valence-electron chi connectivity index (χ3n) is 3.36. The van der Waals surface area contributed by atoms with Crippen LogP contribution in [0.2, 0.25) is 0 Å². The van der Waals surface area contributed by atoms with Crippen LogP contribution in [0.1, 0.15) is 12.5 Å². The molecule has 1 aliphatic heterocycles. The molecular weight excluding hydrogens is 395 g/mol. The number of benzene rings is 1. The number of hydrogen-bond acceptors (Lipinski definition) is 3. The number of amides is 1. The van der Waals surface area contributed by atoms with Crippen molar-refractivity contribution in [3.8, 4) is 0 Å². The van der Waals surface area contributed by atoms with Crippen molar-refractivity contribution in [2.24, 2.45) is 10.7 Å². The summed E-state index contributed by atoms with van der Waals surface area (Å²) in [6, 6.07) is 7.96. The number of nitrogens with two attached hydrogens (primary N) is 1. The highest BCUT2D eigenvalue weighted by atomic mass is 127. The first-order chi connectivity index (χ1) is 10.2. The van der Waals surface area contributed by atoms with Crippen molar-refractivity contribution in [2.45, 2.75) is 13.3 Å². The number of rotatable bonds is 4. The van der Waals surface area contributed by atoms with Crippen molar-refractivity contribution in [3.63, 3.8) is 0 Å². The molecule has 7 heteroatoms. The number of guanidine groups is 1. The second kappa shape index (κ2) is 9.62. The van der Waals surface area contributed by atoms with Crippen LogP contribution in [0.3, 0.4) is 0 Å². The minimum atomic E-state index is -0.0228. The monoisotopic (exact) mass is 418 g/mol. The number of nitrogens with zero attached hydrogens (tertiary/aromatic N) is 2. The van der Waals surface area contributed by atoms with Gasteiger partial charge in [-0.05, 0) is 24.1 Å². The van der Waals surface area contributed by atoms with Crippen LogP contribution in [0.15, 0.2) is 29.3 Å². The number of ether oxygens (including phenoxy) is 1. The lowest BCUT2D eigenvalue weighted by molar-refractivity contribution is -0.133. The lowest BCUT2D eigenvalue weighted by Gasteiger charge is -2.26. The molecule has 0 aromatic heterocycles. The van der Waals surface area contributed by atoms with Gasteiger partial charge in [0.1, 0.15) is 6.54 Å². The summed E-state index contributed by atoms with van der Waals surface area (Å²) in [7, 11) is 0. The predicted octanol–water partition coefficient (Wildman–Crippen LogP) is 1.45. The maximum absolute atomic E-state index is 11.9. The maximum Gasteiger partial charge on any atom is 0.244 e. The zero-order valence-corrected chi connectivity index (χ0v) is 15.1. The Morgan fingerprint density at radius 2 is 2.14 bits per heavy atom. The normalized spacial score (nSPS) is 15.1. The molecule has 0 saturated carbocycles. The highest BCUT2D eigenvalue weighted by Crippen LogP contribution is 2.10. The van der Waals surface area contributed by atoms with Crippen molar-refractivity contribution < 1.29 is 9.53 Å². The van der Waals surface area contributed by atoms with Crippen LogP contribution in [0.4, 0.5) is 5.69 Å². The molecule has 0 bridgehead atoms. The van der Waals surface area contributed by atoms with Crippen LogP contribution >= 0.6 is 24.0 Å². The Bertz CT molecular complexity index is 516. The van der Waals surface area contributed by atoms with Crippen LogP contribution in [0, 0.1) is 0 Å². The molecule has 0 unspecified atom stereocenters. The van der Waals surface area contributed by atoms with E-state index in [-0.39, 0.29) is 42.4 Å². The van der Waals surface area contributed by atoms with Gasteiger partial charge in [-0.1, -0.05) is 19.1 Å². The summed E-state index contributed by atoms with van der Waals surface area (Å²) in [6.07, 6.45) is 0.960. The highest BCUT2D eigenvalue weighted by Gasteiger charge is 2.15. The number of morpholine rings is 1. The molecule has 22 heavy (non-hydrogen) atoms. The van der Waals surface area contributed by atoms with Gasteiger partial charge in [-0.15, -0.1) is 24.0 Å². The minimum Gasteiger partial charge on any atom is -0.378 e. The standard InChI is InChI=1S/C15H22N4O2.HI/c1-2-12-4-3-5-13(10-12)18-15(16)17-11-14(20)19-6-8-21-9-7-19;/h3-5,10H,2,6-9,11H2,1H3,(H3,16,17,18);1H. The summed E-state index contributed by atoms with van der Waals surface area (Å²) >= 11 is 0. The molecule has 1 amide bonds. The van der Waals surface area contributed by atoms with Gasteiger partial charge in [0.05, 0.1) is 13.2 Å². The van der Waals surface area contributed by atoms with Crippen molar-refractivity contribution in [2.75, 3.05) is 38.2 Å². The number of aryl methyl sites for hydroxylation is 1. The van der Waals surface area contributed by atoms with Crippen molar-refractivity contribution in [3.05, 3.63) is 29.8 Å². The number of hydrogen-bond donors (Lipinski definition) is 2. The predicted molar refractivity (Wildman–Crippen MR) is 98.7 cm³/mol. The molecular formula is C15H23IN4O2. The van der Waals surface area contributed by atoms with E-state index in [2.05, 4.69) is 23.3 Å². The second-order valence-corrected chi connectivity index (χ2v) is 4.87. The first kappa shape index (κ1) is 18.7. The Balaban J connectivity index is 0.00000242. The SMILES string of the molecule is CCc1cccc(NC(N)=NCC(=O)N2CCOCC2)c1.I. The van der Waals surface area contributed by atoms with Gasteiger partial charge in [-0.2, -0.15) is 0 Å². The molecule has 0 radical (unpaired) electrons. The van der Waals surface area contributed by atoms with Crippen molar-refractivity contribution >= 4 is 41.5 Å². The highest BCUT2D eigenvalue weighted by molar-refractivity contribution is 14.0. The number of halogens is 1. The van der Waals surface area contributed by atoms with Gasteiger partial charge in [-0.25, -0.2) is 4.99 Å². The molecule has 1 heterocycles. The van der Waals surface area contributed by atoms with Gasteiger partial charge < -0.3 is 20.7 Å². The maximum atomic E-state index is 11.9. The minimum absolute atomic E-state index is 0. The van der Waals surface area contributed by atoms with E-state index in [4.69, 9.17) is 10.5 Å². The van der Waals surface area contributed by atoms with Crippen LogP contribution < -0.4 is 11.1 Å². The summed E-state index contributed by atoms with van der Waals surface area (Å²) in [5.74, 6) is 0.232. The molecule has 1 saturated heterocycles. The van der Waals surface area contributed by atoms with E-state index < -0.39 is 0 Å². The molecule has 1 fully saturated rings. The van der Waals surface area contributed by atoms with Crippen molar-refractivity contribution in [1.29, 1.82) is 0 Å². The topological polar surface area (TPSA) is 79.9 Å². The second-order valence-electron chi connectivity index (χ2n) is 4.87. The van der Waals surface area contributed by atoms with E-state index in [9.17, 15) is 4.79 Å². The van der Waals surface area contributed by atoms with Gasteiger partial charge in [0.25, 0.3) is 0 Å². The first-order valence-corrected chi connectivity index (χ1v) is 7.20. The van der Waals surface area contributed by atoms with Gasteiger partial charge in [0.15, 0.2) is 5.96 Å². The molecule has 6 nitrogen and oxygen atoms in total. The molecule has 1 aliphatic rings. The van der Waals surface area contributed by atoms with Crippen LogP contribution in [-0.2, 0) is 16.0 Å². The zero-order valence-electron chi connectivity index (χ0n) is 12.7. The Labute approximate surface area is 148 Å². The van der Waals surface area contributed by atoms with Gasteiger partial charge in [0, 0.05) is 18.8 Å². The fraction of sp³-hybridized carbons (Fsp3) is 0.467. The Morgan fingerprint density at radius 3 is 2.82 bits per heavy atom. The van der Waals surface area contributed by atoms with Crippen LogP contribution in [0.25, 0.3) is 0 Å². The summed E-state index contributed by atoms with van der Waals surface area (Å²) in [5, 5.41) is 3.01. The summed E-state index contributed by atoms with van der Waals surface area (Å²) in [4.78, 5) is 17.8. The quantitative estimate of drug-likeness (QED) is 0.441. The average molecular weight is 418 g/mol. The Hall–Kier alpha value is -1.35. The summed E-state index contributed by atoms with van der Waals surface area (Å²) in [5.41, 5.74) is 7.92. The van der Waals surface area contributed by atoms with E-state index in [0.717, 1.165) is 12.1 Å². The molecule has 1 aromatic carbocycles. The molecule has 1 aromatic rings. The third-order valence-corrected chi connectivity index (χ3v) is 3.36. The molecule has 122 valence electrons. The van der Waals surface area contributed by atoms with Crippen molar-refractivity contribution in [1.82, 2.24) is 4.90 Å². The number of carbonyl (C=O) groups is 1. The van der Waals surface area contributed by atoms with E-state index in [1.165, 1.54) is 5.56 Å². The fourth-order valence-corrected chi connectivity index (χ4v) is 2.12. The first-order valence-electron chi connectivity index (χ1n) is 7.20. The van der Waals surface area contributed by atoms with Gasteiger partial charge in [-0.3, -0.25) is 4.79 Å². The summed E-state index contributed by atoms with van der Waals surface area (Å²) in [6.45, 7) is 4.59. The largest absolute Gasteiger partial charge is 0.378 e. The molecule has 2 rings (SSSR count). The molecule has 0 spiro atoms. The lowest BCUT2D eigenvalue weighted by Crippen LogP contribution is -2.42. The van der Waals surface area contributed by atoms with E-state index in [1.54, 1.807) is 4.90 Å².